The molecule has 2 aromatic carbocycles. The monoisotopic (exact) mass is 350 g/mol. The van der Waals surface area contributed by atoms with Gasteiger partial charge in [0.2, 0.25) is 0 Å². The third-order valence-electron chi connectivity index (χ3n) is 4.48. The Bertz CT molecular complexity index is 960. The number of aldehydes is 1. The van der Waals surface area contributed by atoms with Gasteiger partial charge in [-0.2, -0.15) is 0 Å². The van der Waals surface area contributed by atoms with Crippen molar-refractivity contribution in [2.75, 3.05) is 23.3 Å². The molecule has 3 rings (SSSR count). The van der Waals surface area contributed by atoms with Crippen LogP contribution in [0.5, 0.6) is 0 Å². The first-order valence-corrected chi connectivity index (χ1v) is 8.76. The van der Waals surface area contributed by atoms with Crippen molar-refractivity contribution in [3.05, 3.63) is 70.1 Å². The molecule has 1 heterocycles. The molecule has 0 aliphatic carbocycles. The molecule has 0 aliphatic rings. The topological polar surface area (TPSA) is 62.6 Å². The van der Waals surface area contributed by atoms with Crippen LogP contribution in [-0.2, 0) is 6.54 Å². The summed E-state index contributed by atoms with van der Waals surface area (Å²) in [6.45, 7) is 6.38. The van der Waals surface area contributed by atoms with Crippen molar-refractivity contribution in [2.24, 2.45) is 0 Å². The second-order valence-electron chi connectivity index (χ2n) is 5.99. The van der Waals surface area contributed by atoms with E-state index < -0.39 is 5.63 Å². The summed E-state index contributed by atoms with van der Waals surface area (Å²) >= 11 is 0. The fourth-order valence-corrected chi connectivity index (χ4v) is 3.07. The van der Waals surface area contributed by atoms with E-state index in [0.29, 0.717) is 24.1 Å². The Hall–Kier alpha value is -3.08. The molecule has 3 aromatic rings. The number of fused-ring (bicyclic) bond motifs is 1. The lowest BCUT2D eigenvalue weighted by molar-refractivity contribution is 0.112. The van der Waals surface area contributed by atoms with E-state index in [9.17, 15) is 9.59 Å². The Kier molecular flexibility index (Phi) is 5.37. The molecule has 0 spiro atoms. The third kappa shape index (κ3) is 3.47. The number of nitrogens with one attached hydrogen (secondary N) is 1. The molecule has 26 heavy (non-hydrogen) atoms. The largest absolute Gasteiger partial charge is 0.422 e. The molecule has 0 saturated carbocycles. The Balaban J connectivity index is 2.07. The number of hydrogen-bond donors (Lipinski definition) is 1. The molecule has 0 bridgehead atoms. The molecule has 1 aromatic heterocycles. The number of nitrogens with zero attached hydrogens (tertiary/aromatic N) is 1. The fourth-order valence-electron chi connectivity index (χ4n) is 3.07. The van der Waals surface area contributed by atoms with Crippen LogP contribution in [0.1, 0.15) is 29.8 Å². The van der Waals surface area contributed by atoms with Gasteiger partial charge in [-0.3, -0.25) is 4.79 Å². The molecule has 5 nitrogen and oxygen atoms in total. The Labute approximate surface area is 152 Å². The maximum Gasteiger partial charge on any atom is 0.349 e. The zero-order chi connectivity index (χ0) is 18.5. The van der Waals surface area contributed by atoms with E-state index >= 15 is 0 Å². The van der Waals surface area contributed by atoms with Gasteiger partial charge in [0, 0.05) is 36.8 Å². The van der Waals surface area contributed by atoms with E-state index in [1.807, 2.05) is 48.5 Å². The highest BCUT2D eigenvalue weighted by Gasteiger charge is 2.15. The lowest BCUT2D eigenvalue weighted by Crippen LogP contribution is -2.21. The maximum atomic E-state index is 12.3. The highest BCUT2D eigenvalue weighted by molar-refractivity contribution is 5.99. The predicted molar refractivity (Wildman–Crippen MR) is 105 cm³/mol. The number of rotatable bonds is 7. The second kappa shape index (κ2) is 7.87. The molecule has 0 amide bonds. The van der Waals surface area contributed by atoms with Crippen LogP contribution in [0.3, 0.4) is 0 Å². The molecular weight excluding hydrogens is 328 g/mol. The predicted octanol–water partition coefficient (Wildman–Crippen LogP) is 4.06. The molecule has 0 unspecified atom stereocenters. The van der Waals surface area contributed by atoms with Gasteiger partial charge < -0.3 is 14.6 Å². The van der Waals surface area contributed by atoms with Crippen molar-refractivity contribution in [3.8, 4) is 0 Å². The van der Waals surface area contributed by atoms with Crippen molar-refractivity contribution in [1.82, 2.24) is 0 Å². The van der Waals surface area contributed by atoms with Crippen LogP contribution < -0.4 is 15.8 Å². The number of hydrogen-bond acceptors (Lipinski definition) is 5. The average molecular weight is 350 g/mol. The van der Waals surface area contributed by atoms with Gasteiger partial charge in [0.1, 0.15) is 11.1 Å². The third-order valence-corrected chi connectivity index (χ3v) is 4.48. The van der Waals surface area contributed by atoms with Crippen molar-refractivity contribution in [2.45, 2.75) is 20.4 Å². The van der Waals surface area contributed by atoms with Gasteiger partial charge in [0.25, 0.3) is 0 Å². The van der Waals surface area contributed by atoms with E-state index in [0.717, 1.165) is 29.7 Å². The van der Waals surface area contributed by atoms with Crippen molar-refractivity contribution in [3.63, 3.8) is 0 Å². The highest BCUT2D eigenvalue weighted by atomic mass is 16.4. The van der Waals surface area contributed by atoms with Crippen LogP contribution in [0.25, 0.3) is 11.0 Å². The molecule has 5 heteroatoms. The van der Waals surface area contributed by atoms with E-state index in [1.165, 1.54) is 0 Å². The molecule has 0 radical (unpaired) electrons. The van der Waals surface area contributed by atoms with Crippen molar-refractivity contribution < 1.29 is 9.21 Å². The first kappa shape index (κ1) is 17.7. The zero-order valence-electron chi connectivity index (χ0n) is 15.0. The van der Waals surface area contributed by atoms with E-state index in [4.69, 9.17) is 4.42 Å². The number of carbonyl (C=O) groups is 1. The van der Waals surface area contributed by atoms with Gasteiger partial charge in [-0.1, -0.05) is 30.3 Å². The number of anilines is 2. The minimum atomic E-state index is -0.625. The summed E-state index contributed by atoms with van der Waals surface area (Å²) in [7, 11) is 0. The average Bonchev–Trinajstić information content (AvgIpc) is 2.67. The van der Waals surface area contributed by atoms with Gasteiger partial charge in [-0.15, -0.1) is 0 Å². The minimum Gasteiger partial charge on any atom is -0.422 e. The maximum absolute atomic E-state index is 12.3. The Morgan fingerprint density at radius 3 is 2.46 bits per heavy atom. The first-order chi connectivity index (χ1) is 12.7. The van der Waals surface area contributed by atoms with Crippen molar-refractivity contribution >= 4 is 28.6 Å². The van der Waals surface area contributed by atoms with Crippen LogP contribution in [0.2, 0.25) is 0 Å². The first-order valence-electron chi connectivity index (χ1n) is 8.76. The summed E-state index contributed by atoms with van der Waals surface area (Å²) < 4.78 is 5.40. The number of benzene rings is 2. The van der Waals surface area contributed by atoms with E-state index in [2.05, 4.69) is 24.1 Å². The number of carbonyl (C=O) groups excluding carboxylic acids is 1. The Morgan fingerprint density at radius 1 is 1.08 bits per heavy atom. The Morgan fingerprint density at radius 2 is 1.81 bits per heavy atom. The summed E-state index contributed by atoms with van der Waals surface area (Å²) in [5.74, 6) is 0. The summed E-state index contributed by atoms with van der Waals surface area (Å²) in [5.41, 5.74) is 2.43. The van der Waals surface area contributed by atoms with Gasteiger partial charge in [-0.25, -0.2) is 4.79 Å². The molecule has 0 fully saturated rings. The standard InChI is InChI=1S/C21H22N2O3/c1-3-23(4-2)16-10-11-17-19(12-16)26-21(25)18(14-24)20(17)22-13-15-8-6-5-7-9-15/h5-12,14,22H,3-4,13H2,1-2H3. The molecule has 1 N–H and O–H groups in total. The normalized spacial score (nSPS) is 10.7. The lowest BCUT2D eigenvalue weighted by Gasteiger charge is -2.21. The van der Waals surface area contributed by atoms with Gasteiger partial charge in [0.05, 0.1) is 5.69 Å². The smallest absolute Gasteiger partial charge is 0.349 e. The fraction of sp³-hybridized carbons (Fsp3) is 0.238. The molecule has 0 atom stereocenters. The molecule has 0 aliphatic heterocycles. The van der Waals surface area contributed by atoms with Crippen LogP contribution in [0, 0.1) is 0 Å². The molecular formula is C21H22N2O3. The van der Waals surface area contributed by atoms with Gasteiger partial charge >= 0.3 is 5.63 Å². The molecule has 134 valence electrons. The van der Waals surface area contributed by atoms with Crippen molar-refractivity contribution in [1.29, 1.82) is 0 Å². The van der Waals surface area contributed by atoms with E-state index in [1.54, 1.807) is 0 Å². The summed E-state index contributed by atoms with van der Waals surface area (Å²) in [6, 6.07) is 15.5. The van der Waals surface area contributed by atoms with Gasteiger partial charge in [0.15, 0.2) is 6.29 Å². The zero-order valence-corrected chi connectivity index (χ0v) is 15.0. The van der Waals surface area contributed by atoms with Gasteiger partial charge in [-0.05, 0) is 31.5 Å². The summed E-state index contributed by atoms with van der Waals surface area (Å²) in [6.07, 6.45) is 0.552. The SMILES string of the molecule is CCN(CC)c1ccc2c(NCc3ccccc3)c(C=O)c(=O)oc2c1. The highest BCUT2D eigenvalue weighted by Crippen LogP contribution is 2.29. The van der Waals surface area contributed by atoms with Crippen LogP contribution in [0.15, 0.2) is 57.7 Å². The quantitative estimate of drug-likeness (QED) is 0.514. The van der Waals surface area contributed by atoms with Crippen LogP contribution in [0.4, 0.5) is 11.4 Å². The summed E-state index contributed by atoms with van der Waals surface area (Å²) in [5, 5.41) is 3.96. The van der Waals surface area contributed by atoms with Crippen LogP contribution in [-0.4, -0.2) is 19.4 Å². The molecule has 0 saturated heterocycles. The lowest BCUT2D eigenvalue weighted by atomic mass is 10.1. The van der Waals surface area contributed by atoms with Crippen LogP contribution >= 0.6 is 0 Å². The second-order valence-corrected chi connectivity index (χ2v) is 5.99. The summed E-state index contributed by atoms with van der Waals surface area (Å²) in [4.78, 5) is 25.9. The van der Waals surface area contributed by atoms with E-state index in [-0.39, 0.29) is 5.56 Å². The minimum absolute atomic E-state index is 0.0176.